The van der Waals surface area contributed by atoms with E-state index in [4.69, 9.17) is 11.6 Å². The summed E-state index contributed by atoms with van der Waals surface area (Å²) in [5.41, 5.74) is 4.10. The van der Waals surface area contributed by atoms with Gasteiger partial charge in [0.05, 0.1) is 17.9 Å². The highest BCUT2D eigenvalue weighted by atomic mass is 35.5. The van der Waals surface area contributed by atoms with Crippen LogP contribution in [-0.4, -0.2) is 76.6 Å². The molecule has 2 amide bonds. The molecule has 6 rings (SSSR count). The first-order chi connectivity index (χ1) is 21.3. The Hall–Kier alpha value is -4.60. The summed E-state index contributed by atoms with van der Waals surface area (Å²) in [7, 11) is 2.12. The van der Waals surface area contributed by atoms with Crippen LogP contribution >= 0.6 is 11.6 Å². The van der Waals surface area contributed by atoms with E-state index in [1.165, 1.54) is 0 Å². The van der Waals surface area contributed by atoms with E-state index >= 15 is 0 Å². The second-order valence-corrected chi connectivity index (χ2v) is 11.7. The van der Waals surface area contributed by atoms with Crippen molar-refractivity contribution in [3.8, 4) is 0 Å². The molecule has 1 saturated heterocycles. The molecule has 0 aliphatic carbocycles. The number of fused-ring (bicyclic) bond motifs is 1. The number of Topliss-reactive ketones (excluding diaryl/α,β-unsaturated/α-hetero) is 1. The highest BCUT2D eigenvalue weighted by Gasteiger charge is 2.35. The third-order valence-electron chi connectivity index (χ3n) is 8.23. The number of benzene rings is 2. The van der Waals surface area contributed by atoms with E-state index in [2.05, 4.69) is 32.1 Å². The Kier molecular flexibility index (Phi) is 8.67. The number of ketones is 1. The number of nitrogens with one attached hydrogen (secondary N) is 1. The first kappa shape index (κ1) is 29.5. The minimum absolute atomic E-state index is 0.0767. The van der Waals surface area contributed by atoms with Gasteiger partial charge in [-0.15, -0.1) is 0 Å². The lowest BCUT2D eigenvalue weighted by molar-refractivity contribution is -0.122. The number of carbonyl (C=O) groups is 3. The lowest BCUT2D eigenvalue weighted by Gasteiger charge is -2.33. The number of rotatable bonds is 7. The maximum Gasteiger partial charge on any atom is 0.256 e. The van der Waals surface area contributed by atoms with Crippen molar-refractivity contribution in [1.29, 1.82) is 0 Å². The molecule has 10 heteroatoms. The molecule has 1 N–H and O–H groups in total. The predicted molar refractivity (Wildman–Crippen MR) is 170 cm³/mol. The fourth-order valence-corrected chi connectivity index (χ4v) is 5.87. The summed E-state index contributed by atoms with van der Waals surface area (Å²) in [5.74, 6) is -0.124. The van der Waals surface area contributed by atoms with Gasteiger partial charge in [-0.2, -0.15) is 0 Å². The topological polar surface area (TPSA) is 98.7 Å². The van der Waals surface area contributed by atoms with Crippen LogP contribution in [0.2, 0.25) is 5.02 Å². The van der Waals surface area contributed by atoms with Crippen LogP contribution in [0, 0.1) is 0 Å². The number of likely N-dealkylation sites (N-methyl/N-ethyl adjacent to an activating group) is 1. The number of halogens is 1. The van der Waals surface area contributed by atoms with Gasteiger partial charge in [0, 0.05) is 73.6 Å². The van der Waals surface area contributed by atoms with Crippen molar-refractivity contribution in [2.24, 2.45) is 0 Å². The molecule has 0 spiro atoms. The number of anilines is 2. The van der Waals surface area contributed by atoms with Crippen molar-refractivity contribution < 1.29 is 14.4 Å². The molecule has 0 unspecified atom stereocenters. The average molecular weight is 609 g/mol. The second-order valence-electron chi connectivity index (χ2n) is 11.3. The van der Waals surface area contributed by atoms with Gasteiger partial charge in [0.2, 0.25) is 0 Å². The summed E-state index contributed by atoms with van der Waals surface area (Å²) < 4.78 is 0. The zero-order valence-electron chi connectivity index (χ0n) is 24.4. The van der Waals surface area contributed by atoms with Crippen molar-refractivity contribution >= 4 is 40.7 Å². The average Bonchev–Trinajstić information content (AvgIpc) is 3.12. The molecule has 0 saturated carbocycles. The molecule has 2 aliphatic heterocycles. The lowest BCUT2D eigenvalue weighted by atomic mass is 9.99. The number of carbonyl (C=O) groups excluding carboxylic acids is 3. The maximum atomic E-state index is 13.9. The Morgan fingerprint density at radius 2 is 1.75 bits per heavy atom. The number of piperazine rings is 1. The van der Waals surface area contributed by atoms with Gasteiger partial charge in [-0.1, -0.05) is 29.8 Å². The number of nitrogens with zero attached hydrogens (tertiary/aromatic N) is 5. The minimum atomic E-state index is -0.702. The highest BCUT2D eigenvalue weighted by Crippen LogP contribution is 2.27. The zero-order valence-corrected chi connectivity index (χ0v) is 25.2. The summed E-state index contributed by atoms with van der Waals surface area (Å²) in [5, 5.41) is 3.34. The summed E-state index contributed by atoms with van der Waals surface area (Å²) in [6, 6.07) is 20.7. The number of amides is 2. The molecule has 2 aromatic heterocycles. The van der Waals surface area contributed by atoms with Gasteiger partial charge in [-0.3, -0.25) is 19.4 Å². The zero-order chi connectivity index (χ0) is 30.6. The van der Waals surface area contributed by atoms with Gasteiger partial charge < -0.3 is 20.0 Å². The van der Waals surface area contributed by atoms with Gasteiger partial charge in [0.25, 0.3) is 11.8 Å². The summed E-state index contributed by atoms with van der Waals surface area (Å²) in [6.07, 6.45) is 3.88. The summed E-state index contributed by atoms with van der Waals surface area (Å²) in [6.45, 7) is 4.09. The molecule has 44 heavy (non-hydrogen) atoms. The normalized spacial score (nSPS) is 17.3. The number of aromatic nitrogens is 2. The van der Waals surface area contributed by atoms with Gasteiger partial charge in [0.15, 0.2) is 5.78 Å². The van der Waals surface area contributed by atoms with Gasteiger partial charge in [0.1, 0.15) is 5.82 Å². The molecule has 1 fully saturated rings. The third kappa shape index (κ3) is 6.64. The molecule has 2 aliphatic rings. The van der Waals surface area contributed by atoms with Crippen molar-refractivity contribution in [3.05, 3.63) is 118 Å². The Labute approximate surface area is 261 Å². The molecule has 9 nitrogen and oxygen atoms in total. The first-order valence-electron chi connectivity index (χ1n) is 14.7. The molecule has 4 heterocycles. The number of pyridine rings is 2. The van der Waals surface area contributed by atoms with Gasteiger partial charge >= 0.3 is 0 Å². The Morgan fingerprint density at radius 3 is 2.45 bits per heavy atom. The first-order valence-corrected chi connectivity index (χ1v) is 15.0. The van der Waals surface area contributed by atoms with Gasteiger partial charge in [-0.05, 0) is 72.8 Å². The summed E-state index contributed by atoms with van der Waals surface area (Å²) in [4.78, 5) is 55.4. The van der Waals surface area contributed by atoms with Crippen molar-refractivity contribution in [2.75, 3.05) is 43.4 Å². The van der Waals surface area contributed by atoms with E-state index in [0.717, 1.165) is 43.1 Å². The predicted octanol–water partition coefficient (Wildman–Crippen LogP) is 4.51. The Morgan fingerprint density at radius 1 is 0.955 bits per heavy atom. The second kappa shape index (κ2) is 13.0. The maximum absolute atomic E-state index is 13.9. The van der Waals surface area contributed by atoms with E-state index in [-0.39, 0.29) is 30.6 Å². The van der Waals surface area contributed by atoms with Crippen molar-refractivity contribution in [2.45, 2.75) is 25.4 Å². The molecule has 2 aromatic carbocycles. The smallest absolute Gasteiger partial charge is 0.256 e. The molecular weight excluding hydrogens is 576 g/mol. The number of hydrogen-bond donors (Lipinski definition) is 1. The lowest BCUT2D eigenvalue weighted by Crippen LogP contribution is -2.44. The highest BCUT2D eigenvalue weighted by molar-refractivity contribution is 6.30. The third-order valence-corrected chi connectivity index (χ3v) is 8.46. The largest absolute Gasteiger partial charge is 0.368 e. The number of hydrogen-bond acceptors (Lipinski definition) is 7. The van der Waals surface area contributed by atoms with E-state index < -0.39 is 6.04 Å². The molecule has 1 atom stereocenters. The minimum Gasteiger partial charge on any atom is -0.368 e. The van der Waals surface area contributed by atoms with Crippen LogP contribution in [0.4, 0.5) is 11.5 Å². The van der Waals surface area contributed by atoms with Crippen LogP contribution < -0.4 is 10.2 Å². The van der Waals surface area contributed by atoms with Crippen LogP contribution in [0.25, 0.3) is 0 Å². The van der Waals surface area contributed by atoms with Crippen molar-refractivity contribution in [3.63, 3.8) is 0 Å². The SMILES string of the molecule is CN1CCN(c2ccc(NC(=O)c3ccc(CN4C(=O)c5ccc(Cl)cc5CC(=O)[C@H]4Cc4ccccn4)cc3)nc2)CC1. The van der Waals surface area contributed by atoms with Crippen LogP contribution in [0.5, 0.6) is 0 Å². The molecule has 0 bridgehead atoms. The quantitative estimate of drug-likeness (QED) is 0.330. The van der Waals surface area contributed by atoms with E-state index in [1.807, 2.05) is 42.5 Å². The fourth-order valence-electron chi connectivity index (χ4n) is 5.67. The Bertz CT molecular complexity index is 1660. The summed E-state index contributed by atoms with van der Waals surface area (Å²) >= 11 is 6.21. The molecular formula is C34H33ClN6O3. The van der Waals surface area contributed by atoms with Crippen LogP contribution in [0.15, 0.2) is 85.2 Å². The molecule has 4 aromatic rings. The van der Waals surface area contributed by atoms with E-state index in [0.29, 0.717) is 34.0 Å². The van der Waals surface area contributed by atoms with E-state index in [9.17, 15) is 14.4 Å². The van der Waals surface area contributed by atoms with Crippen molar-refractivity contribution in [1.82, 2.24) is 19.8 Å². The molecule has 224 valence electrons. The fraction of sp³-hybridized carbons (Fsp3) is 0.265. The van der Waals surface area contributed by atoms with E-state index in [1.54, 1.807) is 47.6 Å². The van der Waals surface area contributed by atoms with Crippen LogP contribution in [0.3, 0.4) is 0 Å². The molecule has 0 radical (unpaired) electrons. The van der Waals surface area contributed by atoms with Crippen LogP contribution in [-0.2, 0) is 24.2 Å². The van der Waals surface area contributed by atoms with Crippen LogP contribution in [0.1, 0.15) is 37.5 Å². The van der Waals surface area contributed by atoms with Gasteiger partial charge in [-0.25, -0.2) is 4.98 Å². The standard InChI is InChI=1S/C34H33ClN6O3/c1-39-14-16-40(17-15-39)28-10-12-32(37-21-28)38-33(43)24-7-5-23(6-8-24)22-41-30(20-27-4-2-3-13-36-27)31(42)19-25-18-26(35)9-11-29(25)34(41)44/h2-13,18,21,30H,14-17,19-20,22H2,1H3,(H,37,38,43)/t30-/m1/s1. The monoisotopic (exact) mass is 608 g/mol. The Balaban J connectivity index is 1.17.